The van der Waals surface area contributed by atoms with Crippen LogP contribution < -0.4 is 4.74 Å². The Morgan fingerprint density at radius 3 is 2.83 bits per heavy atom. The first kappa shape index (κ1) is 12.4. The summed E-state index contributed by atoms with van der Waals surface area (Å²) in [7, 11) is 0. The van der Waals surface area contributed by atoms with Crippen molar-refractivity contribution in [3.63, 3.8) is 0 Å². The van der Waals surface area contributed by atoms with E-state index in [-0.39, 0.29) is 0 Å². The number of hydrogen-bond acceptors (Lipinski definition) is 3. The predicted molar refractivity (Wildman–Crippen MR) is 71.5 cm³/mol. The molecule has 0 fully saturated rings. The Morgan fingerprint density at radius 2 is 2.06 bits per heavy atom. The summed E-state index contributed by atoms with van der Waals surface area (Å²) in [5, 5.41) is 0. The molecule has 2 aromatic rings. The molecule has 2 rings (SSSR count). The van der Waals surface area contributed by atoms with E-state index in [1.165, 1.54) is 0 Å². The first-order valence-electron chi connectivity index (χ1n) is 6.15. The van der Waals surface area contributed by atoms with Crippen molar-refractivity contribution in [3.05, 3.63) is 49.2 Å². The Morgan fingerprint density at radius 1 is 1.22 bits per heavy atom. The lowest BCUT2D eigenvalue weighted by molar-refractivity contribution is 0.240. The quantitative estimate of drug-likeness (QED) is 0.543. The van der Waals surface area contributed by atoms with Crippen molar-refractivity contribution in [2.24, 2.45) is 0 Å². The van der Waals surface area contributed by atoms with Crippen LogP contribution in [-0.2, 0) is 0 Å². The van der Waals surface area contributed by atoms with E-state index in [9.17, 15) is 0 Å². The van der Waals surface area contributed by atoms with Crippen LogP contribution in [0.25, 0.3) is 11.5 Å². The largest absolute Gasteiger partial charge is 0.464 e. The molecule has 3 nitrogen and oxygen atoms in total. The van der Waals surface area contributed by atoms with Crippen molar-refractivity contribution < 1.29 is 9.15 Å². The third-order valence-corrected chi connectivity index (χ3v) is 2.55. The van der Waals surface area contributed by atoms with Gasteiger partial charge in [0, 0.05) is 5.56 Å². The number of nitrogens with zero attached hydrogens (tertiary/aromatic N) is 1. The van der Waals surface area contributed by atoms with Crippen LogP contribution in [0, 0.1) is 0 Å². The SMILES string of the molecule is C=CCCCCOc1cnc(-c2ccccc2)o1. The average molecular weight is 243 g/mol. The molecule has 0 aliphatic heterocycles. The number of ether oxygens (including phenoxy) is 1. The number of aromatic nitrogens is 1. The summed E-state index contributed by atoms with van der Waals surface area (Å²) in [6, 6.07) is 9.79. The van der Waals surface area contributed by atoms with Crippen molar-refractivity contribution in [1.29, 1.82) is 0 Å². The van der Waals surface area contributed by atoms with Gasteiger partial charge in [-0.3, -0.25) is 0 Å². The fourth-order valence-corrected chi connectivity index (χ4v) is 1.60. The van der Waals surface area contributed by atoms with Gasteiger partial charge in [0.2, 0.25) is 5.89 Å². The molecule has 1 aromatic heterocycles. The van der Waals surface area contributed by atoms with Gasteiger partial charge in [-0.15, -0.1) is 6.58 Å². The summed E-state index contributed by atoms with van der Waals surface area (Å²) >= 11 is 0. The van der Waals surface area contributed by atoms with Gasteiger partial charge in [0.1, 0.15) is 6.20 Å². The molecule has 0 radical (unpaired) electrons. The van der Waals surface area contributed by atoms with Crippen LogP contribution in [0.1, 0.15) is 19.3 Å². The van der Waals surface area contributed by atoms with E-state index >= 15 is 0 Å². The summed E-state index contributed by atoms with van der Waals surface area (Å²) in [5.74, 6) is 1.07. The van der Waals surface area contributed by atoms with Crippen LogP contribution in [0.15, 0.2) is 53.6 Å². The third kappa shape index (κ3) is 3.48. The summed E-state index contributed by atoms with van der Waals surface area (Å²) < 4.78 is 11.0. The number of allylic oxidation sites excluding steroid dienone is 1. The van der Waals surface area contributed by atoms with Gasteiger partial charge in [-0.1, -0.05) is 24.3 Å². The molecule has 0 saturated carbocycles. The molecule has 94 valence electrons. The maximum atomic E-state index is 5.52. The Hall–Kier alpha value is -2.03. The summed E-state index contributed by atoms with van der Waals surface area (Å²) in [6.07, 6.45) is 6.64. The van der Waals surface area contributed by atoms with E-state index in [4.69, 9.17) is 9.15 Å². The number of unbranched alkanes of at least 4 members (excludes halogenated alkanes) is 2. The molecule has 0 spiro atoms. The van der Waals surface area contributed by atoms with Crippen molar-refractivity contribution in [3.8, 4) is 17.4 Å². The van der Waals surface area contributed by atoms with E-state index in [2.05, 4.69) is 11.6 Å². The molecule has 0 aliphatic rings. The highest BCUT2D eigenvalue weighted by Crippen LogP contribution is 2.22. The summed E-state index contributed by atoms with van der Waals surface area (Å²) in [6.45, 7) is 4.33. The second kappa shape index (κ2) is 6.64. The van der Waals surface area contributed by atoms with Crippen molar-refractivity contribution in [2.75, 3.05) is 6.61 Å². The molecule has 18 heavy (non-hydrogen) atoms. The molecule has 0 bridgehead atoms. The number of oxazole rings is 1. The van der Waals surface area contributed by atoms with Crippen molar-refractivity contribution in [1.82, 2.24) is 4.98 Å². The minimum Gasteiger partial charge on any atom is -0.464 e. The molecule has 0 N–H and O–H groups in total. The topological polar surface area (TPSA) is 35.3 Å². The van der Waals surface area contributed by atoms with Crippen LogP contribution in [0.2, 0.25) is 0 Å². The van der Waals surface area contributed by atoms with E-state index in [0.29, 0.717) is 18.4 Å². The van der Waals surface area contributed by atoms with Crippen molar-refractivity contribution in [2.45, 2.75) is 19.3 Å². The van der Waals surface area contributed by atoms with Gasteiger partial charge in [0.15, 0.2) is 0 Å². The van der Waals surface area contributed by atoms with Gasteiger partial charge in [-0.25, -0.2) is 4.98 Å². The van der Waals surface area contributed by atoms with Crippen LogP contribution in [0.4, 0.5) is 0 Å². The van der Waals surface area contributed by atoms with Gasteiger partial charge < -0.3 is 9.15 Å². The van der Waals surface area contributed by atoms with Gasteiger partial charge in [-0.2, -0.15) is 0 Å². The molecule has 3 heteroatoms. The normalized spacial score (nSPS) is 10.2. The molecular formula is C15H17NO2. The minimum absolute atomic E-state index is 0.479. The number of benzene rings is 1. The predicted octanol–water partition coefficient (Wildman–Crippen LogP) is 4.08. The zero-order valence-electron chi connectivity index (χ0n) is 10.3. The van der Waals surface area contributed by atoms with E-state index < -0.39 is 0 Å². The van der Waals surface area contributed by atoms with Gasteiger partial charge in [-0.05, 0) is 31.4 Å². The first-order valence-corrected chi connectivity index (χ1v) is 6.15. The third-order valence-electron chi connectivity index (χ3n) is 2.55. The Kier molecular flexibility index (Phi) is 4.59. The lowest BCUT2D eigenvalue weighted by atomic mass is 10.2. The minimum atomic E-state index is 0.479. The van der Waals surface area contributed by atoms with Crippen LogP contribution >= 0.6 is 0 Å². The second-order valence-electron chi connectivity index (χ2n) is 3.98. The monoisotopic (exact) mass is 243 g/mol. The Balaban J connectivity index is 1.85. The average Bonchev–Trinajstić information content (AvgIpc) is 2.88. The first-order chi connectivity index (χ1) is 8.90. The number of hydrogen-bond donors (Lipinski definition) is 0. The zero-order valence-corrected chi connectivity index (χ0v) is 10.3. The maximum absolute atomic E-state index is 5.52. The molecule has 1 aromatic carbocycles. The zero-order chi connectivity index (χ0) is 12.6. The lowest BCUT2D eigenvalue weighted by Gasteiger charge is -2.00. The fourth-order valence-electron chi connectivity index (χ4n) is 1.60. The second-order valence-corrected chi connectivity index (χ2v) is 3.98. The smallest absolute Gasteiger partial charge is 0.305 e. The molecule has 0 atom stereocenters. The fraction of sp³-hybridized carbons (Fsp3) is 0.267. The highest BCUT2D eigenvalue weighted by atomic mass is 16.6. The van der Waals surface area contributed by atoms with E-state index in [1.54, 1.807) is 6.20 Å². The van der Waals surface area contributed by atoms with Crippen LogP contribution in [-0.4, -0.2) is 11.6 Å². The van der Waals surface area contributed by atoms with Crippen LogP contribution in [0.5, 0.6) is 5.95 Å². The molecule has 0 saturated heterocycles. The highest BCUT2D eigenvalue weighted by molar-refractivity contribution is 5.52. The van der Waals surface area contributed by atoms with E-state index in [1.807, 2.05) is 36.4 Å². The van der Waals surface area contributed by atoms with Crippen molar-refractivity contribution >= 4 is 0 Å². The highest BCUT2D eigenvalue weighted by Gasteiger charge is 2.06. The van der Waals surface area contributed by atoms with Gasteiger partial charge >= 0.3 is 5.95 Å². The molecule has 0 unspecified atom stereocenters. The standard InChI is InChI=1S/C15H17NO2/c1-2-3-4-8-11-17-14-12-16-15(18-14)13-9-6-5-7-10-13/h2,5-7,9-10,12H,1,3-4,8,11H2. The van der Waals surface area contributed by atoms with Gasteiger partial charge in [0.25, 0.3) is 0 Å². The number of rotatable bonds is 7. The summed E-state index contributed by atoms with van der Waals surface area (Å²) in [5.41, 5.74) is 0.957. The molecular weight excluding hydrogens is 226 g/mol. The molecule has 0 aliphatic carbocycles. The Bertz CT molecular complexity index is 476. The molecule has 1 heterocycles. The van der Waals surface area contributed by atoms with E-state index in [0.717, 1.165) is 24.8 Å². The molecule has 0 amide bonds. The van der Waals surface area contributed by atoms with Crippen LogP contribution in [0.3, 0.4) is 0 Å². The van der Waals surface area contributed by atoms with Gasteiger partial charge in [0.05, 0.1) is 6.61 Å². The maximum Gasteiger partial charge on any atom is 0.305 e. The lowest BCUT2D eigenvalue weighted by Crippen LogP contribution is -1.95. The summed E-state index contributed by atoms with van der Waals surface area (Å²) in [4.78, 5) is 4.19. The Labute approximate surface area is 107 Å².